The third-order valence-corrected chi connectivity index (χ3v) is 2.35. The maximum Gasteiger partial charge on any atom is 0.0593 e. The van der Waals surface area contributed by atoms with E-state index in [1.54, 1.807) is 0 Å². The average Bonchev–Trinajstić information content (AvgIpc) is 2.24. The highest BCUT2D eigenvalue weighted by Gasteiger charge is 2.12. The summed E-state index contributed by atoms with van der Waals surface area (Å²) in [6.45, 7) is 13.7. The number of ether oxygens (including phenoxy) is 1. The van der Waals surface area contributed by atoms with E-state index in [1.165, 1.54) is 26.2 Å². The quantitative estimate of drug-likeness (QED) is 0.639. The number of likely N-dealkylation sites (N-methyl/N-ethyl adjacent to an activating group) is 1. The molecule has 1 aliphatic rings. The largest absolute Gasteiger partial charge is 0.380 e. The maximum atomic E-state index is 5.31. The second kappa shape index (κ2) is 9.44. The minimum absolute atomic E-state index is 0.841. The van der Waals surface area contributed by atoms with Crippen LogP contribution in [0.2, 0.25) is 0 Å². The third kappa shape index (κ3) is 6.35. The van der Waals surface area contributed by atoms with Crippen molar-refractivity contribution < 1.29 is 4.74 Å². The first-order chi connectivity index (χ1) is 6.83. The number of hydrogen-bond acceptors (Lipinski definition) is 3. The molecule has 3 nitrogen and oxygen atoms in total. The van der Waals surface area contributed by atoms with E-state index in [-0.39, 0.29) is 0 Å². The van der Waals surface area contributed by atoms with E-state index in [2.05, 4.69) is 16.8 Å². The molecule has 86 valence electrons. The predicted molar refractivity (Wildman–Crippen MR) is 61.8 cm³/mol. The van der Waals surface area contributed by atoms with Gasteiger partial charge >= 0.3 is 0 Å². The topological polar surface area (TPSA) is 15.7 Å². The number of hydrogen-bond donors (Lipinski definition) is 0. The van der Waals surface area contributed by atoms with Crippen LogP contribution in [-0.4, -0.2) is 62.8 Å². The maximum absolute atomic E-state index is 5.31. The highest BCUT2D eigenvalue weighted by molar-refractivity contribution is 4.68. The lowest BCUT2D eigenvalue weighted by Gasteiger charge is -2.32. The lowest BCUT2D eigenvalue weighted by atomic mass is 10.3. The van der Waals surface area contributed by atoms with Crippen LogP contribution in [0, 0.1) is 0 Å². The lowest BCUT2D eigenvalue weighted by molar-refractivity contribution is 0.0882. The molecule has 1 saturated heterocycles. The summed E-state index contributed by atoms with van der Waals surface area (Å²) in [5, 5.41) is 0. The second-order valence-electron chi connectivity index (χ2n) is 3.34. The Balaban J connectivity index is 0.000000791. The van der Waals surface area contributed by atoms with Crippen molar-refractivity contribution in [3.8, 4) is 0 Å². The second-order valence-corrected chi connectivity index (χ2v) is 3.34. The van der Waals surface area contributed by atoms with E-state index in [4.69, 9.17) is 4.74 Å². The van der Waals surface area contributed by atoms with Crippen LogP contribution in [0.3, 0.4) is 0 Å². The van der Waals surface area contributed by atoms with Gasteiger partial charge < -0.3 is 9.64 Å². The van der Waals surface area contributed by atoms with E-state index >= 15 is 0 Å². The molecule has 1 heterocycles. The van der Waals surface area contributed by atoms with Crippen molar-refractivity contribution in [2.75, 3.05) is 53.0 Å². The van der Waals surface area contributed by atoms with E-state index in [0.29, 0.717) is 0 Å². The Bertz CT molecular complexity index is 112. The molecule has 0 aromatic heterocycles. The third-order valence-electron chi connectivity index (χ3n) is 2.35. The number of rotatable bonds is 4. The monoisotopic (exact) mass is 202 g/mol. The molecule has 0 aromatic rings. The molecular formula is C11H26N2O. The van der Waals surface area contributed by atoms with Crippen molar-refractivity contribution in [1.29, 1.82) is 0 Å². The molecule has 3 heteroatoms. The lowest BCUT2D eigenvalue weighted by Crippen LogP contribution is -2.45. The molecule has 0 aromatic carbocycles. The summed E-state index contributed by atoms with van der Waals surface area (Å²) in [6, 6.07) is 0. The van der Waals surface area contributed by atoms with E-state index in [0.717, 1.165) is 19.8 Å². The molecule has 1 fully saturated rings. The molecule has 0 aliphatic carbocycles. The summed E-state index contributed by atoms with van der Waals surface area (Å²) in [4.78, 5) is 4.84. The Labute approximate surface area is 89.0 Å². The summed E-state index contributed by atoms with van der Waals surface area (Å²) in [6.07, 6.45) is 0. The van der Waals surface area contributed by atoms with Gasteiger partial charge in [0.15, 0.2) is 0 Å². The van der Waals surface area contributed by atoms with Gasteiger partial charge in [0, 0.05) is 39.3 Å². The van der Waals surface area contributed by atoms with Crippen LogP contribution in [0.15, 0.2) is 0 Å². The van der Waals surface area contributed by atoms with Crippen molar-refractivity contribution >= 4 is 0 Å². The minimum atomic E-state index is 0.841. The van der Waals surface area contributed by atoms with Crippen molar-refractivity contribution in [1.82, 2.24) is 9.80 Å². The van der Waals surface area contributed by atoms with Crippen molar-refractivity contribution in [3.05, 3.63) is 0 Å². The van der Waals surface area contributed by atoms with Gasteiger partial charge in [-0.25, -0.2) is 0 Å². The van der Waals surface area contributed by atoms with Gasteiger partial charge in [0.1, 0.15) is 0 Å². The van der Waals surface area contributed by atoms with Crippen LogP contribution >= 0.6 is 0 Å². The van der Waals surface area contributed by atoms with Gasteiger partial charge in [-0.05, 0) is 14.0 Å². The van der Waals surface area contributed by atoms with Crippen LogP contribution in [0.5, 0.6) is 0 Å². The van der Waals surface area contributed by atoms with Crippen molar-refractivity contribution in [3.63, 3.8) is 0 Å². The van der Waals surface area contributed by atoms with Gasteiger partial charge in [-0.3, -0.25) is 4.90 Å². The van der Waals surface area contributed by atoms with Crippen LogP contribution < -0.4 is 0 Å². The molecule has 0 amide bonds. The van der Waals surface area contributed by atoms with Crippen LogP contribution in [0.4, 0.5) is 0 Å². The molecule has 14 heavy (non-hydrogen) atoms. The summed E-state index contributed by atoms with van der Waals surface area (Å²) in [5.74, 6) is 0. The van der Waals surface area contributed by atoms with Crippen LogP contribution in [0.1, 0.15) is 20.8 Å². The van der Waals surface area contributed by atoms with Gasteiger partial charge in [-0.15, -0.1) is 0 Å². The van der Waals surface area contributed by atoms with Gasteiger partial charge in [0.25, 0.3) is 0 Å². The molecule has 0 saturated carbocycles. The fourth-order valence-electron chi connectivity index (χ4n) is 1.41. The van der Waals surface area contributed by atoms with Gasteiger partial charge in [-0.1, -0.05) is 13.8 Å². The Kier molecular flexibility index (Phi) is 9.35. The van der Waals surface area contributed by atoms with Crippen molar-refractivity contribution in [2.45, 2.75) is 20.8 Å². The van der Waals surface area contributed by atoms with Gasteiger partial charge in [0.05, 0.1) is 6.61 Å². The van der Waals surface area contributed by atoms with Crippen LogP contribution in [-0.2, 0) is 4.74 Å². The first kappa shape index (κ1) is 13.9. The first-order valence-corrected chi connectivity index (χ1v) is 5.81. The Morgan fingerprint density at radius 3 is 2.14 bits per heavy atom. The predicted octanol–water partition coefficient (Wildman–Crippen LogP) is 1.30. The average molecular weight is 202 g/mol. The molecule has 0 spiro atoms. The van der Waals surface area contributed by atoms with Crippen LogP contribution in [0.25, 0.3) is 0 Å². The number of piperazine rings is 1. The van der Waals surface area contributed by atoms with E-state index < -0.39 is 0 Å². The summed E-state index contributed by atoms with van der Waals surface area (Å²) in [7, 11) is 2.18. The SMILES string of the molecule is CC.CCOCCN1CCN(C)CC1. The molecular weight excluding hydrogens is 176 g/mol. The van der Waals surface area contributed by atoms with Gasteiger partial charge in [0.2, 0.25) is 0 Å². The highest BCUT2D eigenvalue weighted by Crippen LogP contribution is 1.97. The zero-order valence-electron chi connectivity index (χ0n) is 10.3. The zero-order chi connectivity index (χ0) is 10.8. The van der Waals surface area contributed by atoms with Gasteiger partial charge in [-0.2, -0.15) is 0 Å². The molecule has 1 aliphatic heterocycles. The minimum Gasteiger partial charge on any atom is -0.380 e. The molecule has 1 rings (SSSR count). The fourth-order valence-corrected chi connectivity index (χ4v) is 1.41. The smallest absolute Gasteiger partial charge is 0.0593 e. The molecule has 0 atom stereocenters. The van der Waals surface area contributed by atoms with Crippen molar-refractivity contribution in [2.24, 2.45) is 0 Å². The Morgan fingerprint density at radius 1 is 1.07 bits per heavy atom. The molecule has 0 bridgehead atoms. The normalized spacial score (nSPS) is 18.9. The summed E-state index contributed by atoms with van der Waals surface area (Å²) < 4.78 is 5.31. The molecule has 0 N–H and O–H groups in total. The Morgan fingerprint density at radius 2 is 1.64 bits per heavy atom. The van der Waals surface area contributed by atoms with E-state index in [9.17, 15) is 0 Å². The fraction of sp³-hybridized carbons (Fsp3) is 1.00. The number of nitrogens with zero attached hydrogens (tertiary/aromatic N) is 2. The summed E-state index contributed by atoms with van der Waals surface area (Å²) >= 11 is 0. The standard InChI is InChI=1S/C9H20N2O.C2H6/c1-3-12-9-8-11-6-4-10(2)5-7-11;1-2/h3-9H2,1-2H3;1-2H3. The summed E-state index contributed by atoms with van der Waals surface area (Å²) in [5.41, 5.74) is 0. The zero-order valence-corrected chi connectivity index (χ0v) is 10.3. The first-order valence-electron chi connectivity index (χ1n) is 5.81. The Hall–Kier alpha value is -0.120. The molecule has 0 radical (unpaired) electrons. The van der Waals surface area contributed by atoms with E-state index in [1.807, 2.05) is 20.8 Å². The highest BCUT2D eigenvalue weighted by atomic mass is 16.5. The molecule has 0 unspecified atom stereocenters.